The van der Waals surface area contributed by atoms with E-state index in [1.165, 1.54) is 0 Å². The van der Waals surface area contributed by atoms with Gasteiger partial charge in [-0.05, 0) is 47.3 Å². The summed E-state index contributed by atoms with van der Waals surface area (Å²) in [5.74, 6) is 5.12. The number of hydrogen-bond donors (Lipinski definition) is 0. The van der Waals surface area contributed by atoms with Crippen LogP contribution in [0.5, 0.6) is 0 Å². The number of likely N-dealkylation sites (tertiary alicyclic amines) is 2. The molecule has 0 spiro atoms. The molecule has 2 saturated carbocycles. The molecule has 3 amide bonds. The van der Waals surface area contributed by atoms with E-state index in [2.05, 4.69) is 55.2 Å². The highest BCUT2D eigenvalue weighted by Gasteiger charge is 2.63. The summed E-state index contributed by atoms with van der Waals surface area (Å²) in [6.07, 6.45) is 18.1. The van der Waals surface area contributed by atoms with Gasteiger partial charge < -0.3 is 4.90 Å². The third-order valence-electron chi connectivity index (χ3n) is 10.6. The molecule has 4 bridgehead atoms. The lowest BCUT2D eigenvalue weighted by Gasteiger charge is -2.52. The zero-order valence-corrected chi connectivity index (χ0v) is 21.7. The number of amides is 3. The Labute approximate surface area is 219 Å². The van der Waals surface area contributed by atoms with Crippen LogP contribution < -0.4 is 0 Å². The average Bonchev–Trinajstić information content (AvgIpc) is 3.23. The van der Waals surface area contributed by atoms with Gasteiger partial charge in [-0.1, -0.05) is 76.8 Å². The first-order valence-corrected chi connectivity index (χ1v) is 15.9. The molecule has 2 aliphatic heterocycles. The highest BCUT2D eigenvalue weighted by molar-refractivity contribution is 8.76. The van der Waals surface area contributed by atoms with Crippen LogP contribution in [0.25, 0.3) is 0 Å². The van der Waals surface area contributed by atoms with Gasteiger partial charge in [0.25, 0.3) is 0 Å². The van der Waals surface area contributed by atoms with Crippen molar-refractivity contribution >= 4 is 39.3 Å². The van der Waals surface area contributed by atoms with Crippen LogP contribution in [0.1, 0.15) is 0 Å². The van der Waals surface area contributed by atoms with Gasteiger partial charge in [-0.15, -0.1) is 0 Å². The quantitative estimate of drug-likeness (QED) is 0.222. The normalized spacial score (nSPS) is 47.8. The van der Waals surface area contributed by atoms with Crippen molar-refractivity contribution in [1.29, 1.82) is 0 Å². The molecule has 0 radical (unpaired) electrons. The first kappa shape index (κ1) is 22.0. The smallest absolute Gasteiger partial charge is 0.233 e. The topological polar surface area (TPSA) is 57.7 Å². The molecule has 0 N–H and O–H groups in total. The Morgan fingerprint density at radius 2 is 0.861 bits per heavy atom. The Kier molecular flexibility index (Phi) is 4.75. The summed E-state index contributed by atoms with van der Waals surface area (Å²) in [6, 6.07) is 0. The number of imide groups is 1. The molecule has 36 heavy (non-hydrogen) atoms. The molecule has 2 heterocycles. The predicted octanol–water partition coefficient (Wildman–Crippen LogP) is 3.79. The summed E-state index contributed by atoms with van der Waals surface area (Å²) in [5.41, 5.74) is 1.01. The molecule has 5 nitrogen and oxygen atoms in total. The highest BCUT2D eigenvalue weighted by Crippen LogP contribution is 2.61. The van der Waals surface area contributed by atoms with Crippen molar-refractivity contribution in [2.24, 2.45) is 71.0 Å². The van der Waals surface area contributed by atoms with Crippen LogP contribution in [-0.2, 0) is 14.4 Å². The molecule has 8 aliphatic carbocycles. The van der Waals surface area contributed by atoms with Crippen LogP contribution in [0.4, 0.5) is 0 Å². The fourth-order valence-electron chi connectivity index (χ4n) is 8.90. The summed E-state index contributed by atoms with van der Waals surface area (Å²) >= 11 is 0. The van der Waals surface area contributed by atoms with Crippen molar-refractivity contribution < 1.29 is 14.4 Å². The van der Waals surface area contributed by atoms with Gasteiger partial charge in [0.1, 0.15) is 0 Å². The van der Waals surface area contributed by atoms with E-state index in [0.29, 0.717) is 48.6 Å². The predicted molar refractivity (Wildman–Crippen MR) is 141 cm³/mol. The van der Waals surface area contributed by atoms with Crippen LogP contribution in [-0.4, -0.2) is 52.1 Å². The zero-order valence-electron chi connectivity index (χ0n) is 20.0. The van der Waals surface area contributed by atoms with Crippen molar-refractivity contribution in [1.82, 2.24) is 9.80 Å². The SMILES string of the molecule is C=C1[C@H]2[C@H]3C=C[C@H]([C@@H]4C=C[C@@H]43)[C@H]2C(=O)N1CCSSCCN1C(=O)[C@@H]2[C@@H]3C=C[C@@H]([C@H]4C=C[C@H]43)[C@@H]2C1=O. The first-order valence-electron chi connectivity index (χ1n) is 13.4. The average molecular weight is 519 g/mol. The molecule has 0 aromatic carbocycles. The molecule has 12 atom stereocenters. The summed E-state index contributed by atoms with van der Waals surface area (Å²) in [6.45, 7) is 5.53. The van der Waals surface area contributed by atoms with E-state index >= 15 is 0 Å². The number of nitrogens with zero attached hydrogens (tertiary/aromatic N) is 2. The van der Waals surface area contributed by atoms with Crippen LogP contribution in [0.2, 0.25) is 0 Å². The molecule has 0 aromatic rings. The first-order chi connectivity index (χ1) is 17.6. The van der Waals surface area contributed by atoms with E-state index in [0.717, 1.165) is 17.2 Å². The summed E-state index contributed by atoms with van der Waals surface area (Å²) in [5, 5.41) is 0. The maximum absolute atomic E-state index is 13.3. The number of carbonyl (C=O) groups is 3. The Bertz CT molecular complexity index is 1030. The lowest BCUT2D eigenvalue weighted by molar-refractivity contribution is -0.139. The minimum atomic E-state index is -0.151. The van der Waals surface area contributed by atoms with Crippen molar-refractivity contribution in [3.05, 3.63) is 60.9 Å². The largest absolute Gasteiger partial charge is 0.315 e. The fraction of sp³-hybridized carbons (Fsp3) is 0.552. The number of allylic oxidation sites excluding steroid dienone is 9. The Morgan fingerprint density at radius 1 is 0.528 bits per heavy atom. The Morgan fingerprint density at radius 3 is 1.31 bits per heavy atom. The molecule has 4 fully saturated rings. The number of hydrogen-bond acceptors (Lipinski definition) is 5. The number of carbonyl (C=O) groups excluding carboxylic acids is 3. The van der Waals surface area contributed by atoms with Crippen LogP contribution in [0.3, 0.4) is 0 Å². The second-order valence-electron chi connectivity index (χ2n) is 11.7. The van der Waals surface area contributed by atoms with Gasteiger partial charge in [0, 0.05) is 36.2 Å². The maximum Gasteiger partial charge on any atom is 0.233 e. The fourth-order valence-corrected chi connectivity index (χ4v) is 10.8. The molecule has 10 aliphatic rings. The van der Waals surface area contributed by atoms with E-state index in [4.69, 9.17) is 0 Å². The molecule has 186 valence electrons. The second kappa shape index (κ2) is 7.76. The molecular weight excluding hydrogens is 488 g/mol. The monoisotopic (exact) mass is 518 g/mol. The van der Waals surface area contributed by atoms with Crippen LogP contribution in [0, 0.1) is 71.0 Å². The van der Waals surface area contributed by atoms with Gasteiger partial charge in [-0.3, -0.25) is 19.3 Å². The van der Waals surface area contributed by atoms with Gasteiger partial charge >= 0.3 is 0 Å². The summed E-state index contributed by atoms with van der Waals surface area (Å²) in [7, 11) is 3.42. The van der Waals surface area contributed by atoms with E-state index in [1.807, 2.05) is 4.90 Å². The zero-order chi connectivity index (χ0) is 24.3. The van der Waals surface area contributed by atoms with E-state index in [1.54, 1.807) is 26.5 Å². The minimum Gasteiger partial charge on any atom is -0.315 e. The second-order valence-corrected chi connectivity index (χ2v) is 14.4. The van der Waals surface area contributed by atoms with Crippen LogP contribution >= 0.6 is 21.6 Å². The summed E-state index contributed by atoms with van der Waals surface area (Å²) < 4.78 is 0. The van der Waals surface area contributed by atoms with Gasteiger partial charge in [-0.25, -0.2) is 0 Å². The van der Waals surface area contributed by atoms with Crippen molar-refractivity contribution in [3.63, 3.8) is 0 Å². The van der Waals surface area contributed by atoms with E-state index in [-0.39, 0.29) is 53.2 Å². The van der Waals surface area contributed by atoms with Crippen LogP contribution in [0.15, 0.2) is 60.9 Å². The van der Waals surface area contributed by atoms with Crippen molar-refractivity contribution in [3.8, 4) is 0 Å². The third-order valence-corrected chi connectivity index (χ3v) is 13.0. The molecule has 2 saturated heterocycles. The highest BCUT2D eigenvalue weighted by atomic mass is 33.1. The Hall–Kier alpha value is -1.99. The maximum atomic E-state index is 13.3. The lowest BCUT2D eigenvalue weighted by atomic mass is 9.50. The van der Waals surface area contributed by atoms with Crippen molar-refractivity contribution in [2.45, 2.75) is 0 Å². The van der Waals surface area contributed by atoms with Gasteiger partial charge in [0.05, 0.1) is 17.8 Å². The molecule has 0 unspecified atom stereocenters. The van der Waals surface area contributed by atoms with E-state index < -0.39 is 0 Å². The Balaban J connectivity index is 0.839. The van der Waals surface area contributed by atoms with Gasteiger partial charge in [0.2, 0.25) is 17.7 Å². The number of rotatable bonds is 7. The summed E-state index contributed by atoms with van der Waals surface area (Å²) in [4.78, 5) is 43.2. The molecule has 10 rings (SSSR count). The standard InChI is InChI=1S/C29H30N2O3S2/c1-14-23-19-6-7-20(16-3-2-15(16)19)24(23)27(32)30(14)10-12-35-36-13-11-31-28(33)25-21-8-9-22(26(25)29(31)34)18-5-4-17(18)21/h2-9,15-26H,1,10-13H2/t15-,16+,17-,18+,19-,20+,21-,22+,23-,24+,25-,26+/m0/s1. The van der Waals surface area contributed by atoms with Crippen molar-refractivity contribution in [2.75, 3.05) is 24.6 Å². The van der Waals surface area contributed by atoms with Gasteiger partial charge in [-0.2, -0.15) is 0 Å². The minimum absolute atomic E-state index is 0.0435. The molecule has 7 heteroatoms. The third kappa shape index (κ3) is 2.69. The van der Waals surface area contributed by atoms with E-state index in [9.17, 15) is 14.4 Å². The van der Waals surface area contributed by atoms with Gasteiger partial charge in [0.15, 0.2) is 0 Å². The molecule has 0 aromatic heterocycles. The molecular formula is C29H30N2O3S2. The lowest BCUT2D eigenvalue weighted by Crippen LogP contribution is -2.50.